The van der Waals surface area contributed by atoms with Crippen LogP contribution in [0.4, 0.5) is 0 Å². The maximum Gasteiger partial charge on any atom is 0.0625 e. The van der Waals surface area contributed by atoms with E-state index in [2.05, 4.69) is 29.5 Å². The molecule has 1 saturated carbocycles. The zero-order valence-electron chi connectivity index (χ0n) is 8.11. The highest BCUT2D eigenvalue weighted by Crippen LogP contribution is 2.45. The number of methoxy groups -OCH3 is 1. The zero-order valence-corrected chi connectivity index (χ0v) is 10.3. The standard InChI is InChI=1S/C10H19IO/c1-10(6-4-7-10)9(12-2)5-3-8-11/h9H,3-8H2,1-2H3. The van der Waals surface area contributed by atoms with Crippen LogP contribution in [0.3, 0.4) is 0 Å². The molecule has 0 aromatic heterocycles. The van der Waals surface area contributed by atoms with Gasteiger partial charge < -0.3 is 4.74 Å². The van der Waals surface area contributed by atoms with Gasteiger partial charge in [-0.25, -0.2) is 0 Å². The van der Waals surface area contributed by atoms with Crippen LogP contribution in [-0.4, -0.2) is 17.6 Å². The van der Waals surface area contributed by atoms with Crippen molar-refractivity contribution in [3.63, 3.8) is 0 Å². The summed E-state index contributed by atoms with van der Waals surface area (Å²) in [5.74, 6) is 0. The maximum atomic E-state index is 5.56. The molecule has 72 valence electrons. The molecule has 1 aliphatic rings. The Morgan fingerprint density at radius 1 is 1.50 bits per heavy atom. The van der Waals surface area contributed by atoms with Gasteiger partial charge in [0.1, 0.15) is 0 Å². The second-order valence-corrected chi connectivity index (χ2v) is 5.14. The van der Waals surface area contributed by atoms with Gasteiger partial charge in [-0.15, -0.1) is 0 Å². The van der Waals surface area contributed by atoms with Crippen molar-refractivity contribution in [3.8, 4) is 0 Å². The van der Waals surface area contributed by atoms with Crippen molar-refractivity contribution in [2.75, 3.05) is 11.5 Å². The van der Waals surface area contributed by atoms with E-state index >= 15 is 0 Å². The summed E-state index contributed by atoms with van der Waals surface area (Å²) in [7, 11) is 1.86. The lowest BCUT2D eigenvalue weighted by Crippen LogP contribution is -2.39. The van der Waals surface area contributed by atoms with Crippen molar-refractivity contribution < 1.29 is 4.74 Å². The smallest absolute Gasteiger partial charge is 0.0625 e. The third kappa shape index (κ3) is 2.34. The molecule has 1 unspecified atom stereocenters. The molecule has 0 saturated heterocycles. The molecule has 0 aromatic carbocycles. The summed E-state index contributed by atoms with van der Waals surface area (Å²) in [5, 5.41) is 0. The summed E-state index contributed by atoms with van der Waals surface area (Å²) in [6.07, 6.45) is 7.20. The highest BCUT2D eigenvalue weighted by atomic mass is 127. The van der Waals surface area contributed by atoms with Gasteiger partial charge in [-0.2, -0.15) is 0 Å². The van der Waals surface area contributed by atoms with E-state index in [1.165, 1.54) is 36.5 Å². The molecule has 1 nitrogen and oxygen atoms in total. The van der Waals surface area contributed by atoms with Gasteiger partial charge in [-0.1, -0.05) is 35.9 Å². The van der Waals surface area contributed by atoms with Crippen molar-refractivity contribution in [1.29, 1.82) is 0 Å². The van der Waals surface area contributed by atoms with Gasteiger partial charge in [0, 0.05) is 7.11 Å². The third-order valence-electron chi connectivity index (χ3n) is 3.16. The van der Waals surface area contributed by atoms with Crippen LogP contribution in [0.5, 0.6) is 0 Å². The lowest BCUT2D eigenvalue weighted by Gasteiger charge is -2.44. The molecule has 0 amide bonds. The first-order chi connectivity index (χ1) is 5.73. The van der Waals surface area contributed by atoms with Gasteiger partial charge in [0.25, 0.3) is 0 Å². The van der Waals surface area contributed by atoms with E-state index in [-0.39, 0.29) is 0 Å². The Balaban J connectivity index is 2.33. The highest BCUT2D eigenvalue weighted by molar-refractivity contribution is 14.1. The molecule has 1 atom stereocenters. The predicted octanol–water partition coefficient (Wildman–Crippen LogP) is 3.41. The topological polar surface area (TPSA) is 9.23 Å². The summed E-state index contributed by atoms with van der Waals surface area (Å²) >= 11 is 2.44. The first-order valence-corrected chi connectivity index (χ1v) is 6.34. The second-order valence-electron chi connectivity index (χ2n) is 4.06. The molecule has 0 aromatic rings. The van der Waals surface area contributed by atoms with Crippen molar-refractivity contribution in [2.45, 2.75) is 45.1 Å². The molecule has 0 N–H and O–H groups in total. The van der Waals surface area contributed by atoms with E-state index in [9.17, 15) is 0 Å². The SMILES string of the molecule is COC(CCCI)C1(C)CCC1. The van der Waals surface area contributed by atoms with E-state index in [1.807, 2.05) is 7.11 Å². The van der Waals surface area contributed by atoms with Crippen LogP contribution in [-0.2, 0) is 4.74 Å². The molecule has 1 aliphatic carbocycles. The minimum atomic E-state index is 0.514. The van der Waals surface area contributed by atoms with Crippen LogP contribution in [0.1, 0.15) is 39.0 Å². The summed E-state index contributed by atoms with van der Waals surface area (Å²) in [5.41, 5.74) is 0.514. The van der Waals surface area contributed by atoms with Crippen molar-refractivity contribution in [3.05, 3.63) is 0 Å². The minimum Gasteiger partial charge on any atom is -0.381 e. The quantitative estimate of drug-likeness (QED) is 0.554. The van der Waals surface area contributed by atoms with Crippen LogP contribution in [0.2, 0.25) is 0 Å². The average molecular weight is 282 g/mol. The number of alkyl halides is 1. The molecule has 1 rings (SSSR count). The average Bonchev–Trinajstić information content (AvgIpc) is 2.02. The monoisotopic (exact) mass is 282 g/mol. The summed E-state index contributed by atoms with van der Waals surface area (Å²) in [6, 6.07) is 0. The molecular weight excluding hydrogens is 263 g/mol. The maximum absolute atomic E-state index is 5.56. The summed E-state index contributed by atoms with van der Waals surface area (Å²) in [6.45, 7) is 2.37. The van der Waals surface area contributed by atoms with E-state index in [0.29, 0.717) is 11.5 Å². The fourth-order valence-corrected chi connectivity index (χ4v) is 2.51. The number of hydrogen-bond acceptors (Lipinski definition) is 1. The summed E-state index contributed by atoms with van der Waals surface area (Å²) in [4.78, 5) is 0. The fourth-order valence-electron chi connectivity index (χ4n) is 2.07. The van der Waals surface area contributed by atoms with E-state index in [4.69, 9.17) is 4.74 Å². The van der Waals surface area contributed by atoms with Gasteiger partial charge >= 0.3 is 0 Å². The molecule has 0 aliphatic heterocycles. The van der Waals surface area contributed by atoms with E-state index in [1.54, 1.807) is 0 Å². The van der Waals surface area contributed by atoms with Crippen molar-refractivity contribution >= 4 is 22.6 Å². The number of halogens is 1. The highest BCUT2D eigenvalue weighted by Gasteiger charge is 2.39. The Morgan fingerprint density at radius 2 is 2.17 bits per heavy atom. The number of rotatable bonds is 5. The number of ether oxygens (including phenoxy) is 1. The van der Waals surface area contributed by atoms with Gasteiger partial charge in [0.15, 0.2) is 0 Å². The van der Waals surface area contributed by atoms with E-state index in [0.717, 1.165) is 0 Å². The predicted molar refractivity (Wildman–Crippen MR) is 60.9 cm³/mol. The second kappa shape index (κ2) is 4.80. The Labute approximate surface area is 89.4 Å². The van der Waals surface area contributed by atoms with Crippen LogP contribution < -0.4 is 0 Å². The lowest BCUT2D eigenvalue weighted by molar-refractivity contribution is -0.0529. The van der Waals surface area contributed by atoms with Gasteiger partial charge in [-0.3, -0.25) is 0 Å². The van der Waals surface area contributed by atoms with Gasteiger partial charge in [0.2, 0.25) is 0 Å². The molecular formula is C10H19IO. The Morgan fingerprint density at radius 3 is 2.50 bits per heavy atom. The molecule has 0 bridgehead atoms. The Bertz CT molecular complexity index is 132. The molecule has 1 fully saturated rings. The molecule has 0 spiro atoms. The fraction of sp³-hybridized carbons (Fsp3) is 1.00. The Kier molecular flexibility index (Phi) is 4.30. The number of hydrogen-bond donors (Lipinski definition) is 0. The van der Waals surface area contributed by atoms with Crippen LogP contribution in [0.25, 0.3) is 0 Å². The Hall–Kier alpha value is 0.690. The summed E-state index contributed by atoms with van der Waals surface area (Å²) < 4.78 is 6.81. The van der Waals surface area contributed by atoms with Crippen molar-refractivity contribution in [1.82, 2.24) is 0 Å². The molecule has 0 radical (unpaired) electrons. The van der Waals surface area contributed by atoms with Crippen molar-refractivity contribution in [2.24, 2.45) is 5.41 Å². The van der Waals surface area contributed by atoms with Crippen LogP contribution in [0, 0.1) is 5.41 Å². The zero-order chi connectivity index (χ0) is 9.03. The largest absolute Gasteiger partial charge is 0.381 e. The molecule has 12 heavy (non-hydrogen) atoms. The molecule has 0 heterocycles. The first kappa shape index (κ1) is 10.8. The third-order valence-corrected chi connectivity index (χ3v) is 3.92. The lowest BCUT2D eigenvalue weighted by atomic mass is 9.66. The minimum absolute atomic E-state index is 0.514. The van der Waals surface area contributed by atoms with Crippen LogP contribution in [0.15, 0.2) is 0 Å². The normalized spacial score (nSPS) is 23.2. The van der Waals surface area contributed by atoms with Crippen LogP contribution >= 0.6 is 22.6 Å². The van der Waals surface area contributed by atoms with E-state index < -0.39 is 0 Å². The first-order valence-electron chi connectivity index (χ1n) is 4.82. The van der Waals surface area contributed by atoms with Gasteiger partial charge in [0.05, 0.1) is 6.10 Å². The molecule has 2 heteroatoms. The van der Waals surface area contributed by atoms with Gasteiger partial charge in [-0.05, 0) is 35.5 Å².